The summed E-state index contributed by atoms with van der Waals surface area (Å²) in [5.74, 6) is -1.39. The fraction of sp³-hybridized carbons (Fsp3) is 0.0625. The Kier molecular flexibility index (Phi) is 4.46. The van der Waals surface area contributed by atoms with Crippen molar-refractivity contribution in [1.82, 2.24) is 5.43 Å². The molecule has 0 radical (unpaired) electrons. The second kappa shape index (κ2) is 6.47. The van der Waals surface area contributed by atoms with Gasteiger partial charge in [0.25, 0.3) is 5.91 Å². The second-order valence-corrected chi connectivity index (χ2v) is 4.46. The van der Waals surface area contributed by atoms with Crippen LogP contribution in [0.1, 0.15) is 31.8 Å². The van der Waals surface area contributed by atoms with Crippen LogP contribution >= 0.6 is 0 Å². The average Bonchev–Trinajstić information content (AvgIpc) is 2.48. The van der Waals surface area contributed by atoms with Crippen molar-refractivity contribution in [1.29, 1.82) is 0 Å². The van der Waals surface area contributed by atoms with E-state index in [0.29, 0.717) is 11.1 Å². The van der Waals surface area contributed by atoms with Crippen LogP contribution in [-0.2, 0) is 0 Å². The maximum Gasteiger partial charge on any atom is 0.336 e. The molecule has 1 amide bonds. The zero-order valence-corrected chi connectivity index (χ0v) is 11.4. The molecule has 0 spiro atoms. The molecular weight excluding hydrogens is 268 g/mol. The van der Waals surface area contributed by atoms with Crippen molar-refractivity contribution in [3.63, 3.8) is 0 Å². The van der Waals surface area contributed by atoms with Gasteiger partial charge >= 0.3 is 5.97 Å². The van der Waals surface area contributed by atoms with Gasteiger partial charge in [0, 0.05) is 11.1 Å². The van der Waals surface area contributed by atoms with Crippen molar-refractivity contribution in [2.75, 3.05) is 0 Å². The third-order valence-electron chi connectivity index (χ3n) is 2.87. The van der Waals surface area contributed by atoms with Gasteiger partial charge in [0.05, 0.1) is 11.8 Å². The van der Waals surface area contributed by atoms with E-state index in [1.165, 1.54) is 12.3 Å². The smallest absolute Gasteiger partial charge is 0.336 e. The van der Waals surface area contributed by atoms with Crippen LogP contribution in [0.4, 0.5) is 0 Å². The lowest BCUT2D eigenvalue weighted by Crippen LogP contribution is -2.17. The largest absolute Gasteiger partial charge is 0.478 e. The lowest BCUT2D eigenvalue weighted by molar-refractivity contribution is 0.0696. The standard InChI is InChI=1S/C16H14N2O3/c1-11-6-8-12(9-7-11)15(19)18-17-10-13-4-2-3-5-14(13)16(20)21/h2-10H,1H3,(H,18,19)(H,20,21)/b17-10-. The van der Waals surface area contributed by atoms with E-state index in [1.54, 1.807) is 30.3 Å². The Morgan fingerprint density at radius 3 is 2.43 bits per heavy atom. The summed E-state index contributed by atoms with van der Waals surface area (Å²) in [6, 6.07) is 13.5. The molecule has 5 nitrogen and oxygen atoms in total. The Bertz CT molecular complexity index is 691. The molecule has 0 aliphatic carbocycles. The number of amides is 1. The molecule has 0 atom stereocenters. The summed E-state index contributed by atoms with van der Waals surface area (Å²) in [5, 5.41) is 12.8. The fourth-order valence-electron chi connectivity index (χ4n) is 1.73. The van der Waals surface area contributed by atoms with Gasteiger partial charge in [-0.2, -0.15) is 5.10 Å². The van der Waals surface area contributed by atoms with Crippen molar-refractivity contribution >= 4 is 18.1 Å². The first-order valence-electron chi connectivity index (χ1n) is 6.30. The van der Waals surface area contributed by atoms with E-state index in [1.807, 2.05) is 19.1 Å². The van der Waals surface area contributed by atoms with Crippen LogP contribution in [-0.4, -0.2) is 23.2 Å². The Morgan fingerprint density at radius 2 is 1.76 bits per heavy atom. The molecule has 0 fully saturated rings. The van der Waals surface area contributed by atoms with E-state index in [2.05, 4.69) is 10.5 Å². The van der Waals surface area contributed by atoms with Crippen LogP contribution in [0.25, 0.3) is 0 Å². The molecule has 2 aromatic carbocycles. The van der Waals surface area contributed by atoms with Gasteiger partial charge in [-0.25, -0.2) is 10.2 Å². The number of carbonyl (C=O) groups is 2. The molecule has 0 heterocycles. The van der Waals surface area contributed by atoms with E-state index in [9.17, 15) is 9.59 Å². The third-order valence-corrected chi connectivity index (χ3v) is 2.87. The van der Waals surface area contributed by atoms with Crippen LogP contribution in [0, 0.1) is 6.92 Å². The molecule has 21 heavy (non-hydrogen) atoms. The summed E-state index contributed by atoms with van der Waals surface area (Å²) in [7, 11) is 0. The number of hydrogen-bond donors (Lipinski definition) is 2. The van der Waals surface area contributed by atoms with Crippen LogP contribution in [0.5, 0.6) is 0 Å². The number of benzene rings is 2. The number of rotatable bonds is 4. The number of aryl methyl sites for hydroxylation is 1. The quantitative estimate of drug-likeness (QED) is 0.668. The minimum Gasteiger partial charge on any atom is -0.478 e. The van der Waals surface area contributed by atoms with Crippen molar-refractivity contribution in [3.05, 3.63) is 70.8 Å². The highest BCUT2D eigenvalue weighted by atomic mass is 16.4. The van der Waals surface area contributed by atoms with Crippen molar-refractivity contribution in [3.8, 4) is 0 Å². The number of carbonyl (C=O) groups excluding carboxylic acids is 1. The normalized spacial score (nSPS) is 10.5. The highest BCUT2D eigenvalue weighted by molar-refractivity contribution is 5.99. The summed E-state index contributed by atoms with van der Waals surface area (Å²) in [6.07, 6.45) is 1.32. The molecule has 0 saturated heterocycles. The Hall–Kier alpha value is -2.95. The molecule has 0 aliphatic rings. The van der Waals surface area contributed by atoms with Gasteiger partial charge in [-0.05, 0) is 25.1 Å². The fourth-order valence-corrected chi connectivity index (χ4v) is 1.73. The first-order valence-corrected chi connectivity index (χ1v) is 6.30. The number of nitrogens with one attached hydrogen (secondary N) is 1. The molecule has 2 aromatic rings. The van der Waals surface area contributed by atoms with E-state index in [-0.39, 0.29) is 11.5 Å². The van der Waals surface area contributed by atoms with Gasteiger partial charge in [-0.15, -0.1) is 0 Å². The average molecular weight is 282 g/mol. The minimum absolute atomic E-state index is 0.130. The number of nitrogens with zero attached hydrogens (tertiary/aromatic N) is 1. The number of hydrogen-bond acceptors (Lipinski definition) is 3. The van der Waals surface area contributed by atoms with Gasteiger partial charge in [0.15, 0.2) is 0 Å². The summed E-state index contributed by atoms with van der Waals surface area (Å²) >= 11 is 0. The van der Waals surface area contributed by atoms with Crippen LogP contribution in [0.15, 0.2) is 53.6 Å². The summed E-state index contributed by atoms with van der Waals surface area (Å²) in [6.45, 7) is 1.93. The SMILES string of the molecule is Cc1ccc(C(=O)N/N=C\c2ccccc2C(=O)O)cc1. The first-order chi connectivity index (χ1) is 10.1. The number of aromatic carboxylic acids is 1. The number of hydrazone groups is 1. The summed E-state index contributed by atoms with van der Waals surface area (Å²) in [5.41, 5.74) is 4.48. The van der Waals surface area contributed by atoms with Crippen molar-refractivity contribution in [2.45, 2.75) is 6.92 Å². The molecule has 5 heteroatoms. The third kappa shape index (κ3) is 3.76. The number of carboxylic acid groups (broad SMARTS) is 1. The summed E-state index contributed by atoms with van der Waals surface area (Å²) < 4.78 is 0. The van der Waals surface area contributed by atoms with Crippen molar-refractivity contribution in [2.24, 2.45) is 5.10 Å². The maximum atomic E-state index is 11.8. The van der Waals surface area contributed by atoms with Gasteiger partial charge in [-0.3, -0.25) is 4.79 Å². The molecule has 2 N–H and O–H groups in total. The van der Waals surface area contributed by atoms with Crippen molar-refractivity contribution < 1.29 is 14.7 Å². The monoisotopic (exact) mass is 282 g/mol. The van der Waals surface area contributed by atoms with Gasteiger partial charge < -0.3 is 5.11 Å². The summed E-state index contributed by atoms with van der Waals surface area (Å²) in [4.78, 5) is 22.8. The van der Waals surface area contributed by atoms with Crippen LogP contribution in [0.3, 0.4) is 0 Å². The molecule has 0 aliphatic heterocycles. The predicted molar refractivity (Wildman–Crippen MR) is 79.6 cm³/mol. The Morgan fingerprint density at radius 1 is 1.10 bits per heavy atom. The number of carboxylic acids is 1. The highest BCUT2D eigenvalue weighted by Gasteiger charge is 2.07. The van der Waals surface area contributed by atoms with Crippen LogP contribution < -0.4 is 5.43 Å². The van der Waals surface area contributed by atoms with Gasteiger partial charge in [0.1, 0.15) is 0 Å². The lowest BCUT2D eigenvalue weighted by Gasteiger charge is -2.01. The molecule has 106 valence electrons. The van der Waals surface area contributed by atoms with E-state index >= 15 is 0 Å². The topological polar surface area (TPSA) is 78.8 Å². The Labute approximate surface area is 121 Å². The van der Waals surface area contributed by atoms with E-state index in [0.717, 1.165) is 5.56 Å². The zero-order chi connectivity index (χ0) is 15.2. The van der Waals surface area contributed by atoms with Gasteiger partial charge in [0.2, 0.25) is 0 Å². The van der Waals surface area contributed by atoms with E-state index in [4.69, 9.17) is 5.11 Å². The molecule has 0 aromatic heterocycles. The van der Waals surface area contributed by atoms with Crippen LogP contribution in [0.2, 0.25) is 0 Å². The molecule has 0 saturated carbocycles. The zero-order valence-electron chi connectivity index (χ0n) is 11.4. The van der Waals surface area contributed by atoms with Gasteiger partial charge in [-0.1, -0.05) is 35.9 Å². The molecule has 2 rings (SSSR count). The second-order valence-electron chi connectivity index (χ2n) is 4.46. The molecular formula is C16H14N2O3. The minimum atomic E-state index is -1.04. The molecule has 0 unspecified atom stereocenters. The highest BCUT2D eigenvalue weighted by Crippen LogP contribution is 2.06. The Balaban J connectivity index is 2.07. The first kappa shape index (κ1) is 14.5. The molecule has 0 bridgehead atoms. The predicted octanol–water partition coefficient (Wildman–Crippen LogP) is 2.46. The van der Waals surface area contributed by atoms with E-state index < -0.39 is 5.97 Å². The maximum absolute atomic E-state index is 11.8. The lowest BCUT2D eigenvalue weighted by atomic mass is 10.1.